The van der Waals surface area contributed by atoms with Gasteiger partial charge in [0.25, 0.3) is 0 Å². The number of ether oxygens (including phenoxy) is 1. The molecule has 3 heteroatoms. The van der Waals surface area contributed by atoms with Gasteiger partial charge in [-0.05, 0) is 43.6 Å². The average Bonchev–Trinajstić information content (AvgIpc) is 2.48. The van der Waals surface area contributed by atoms with Gasteiger partial charge in [-0.15, -0.1) is 0 Å². The van der Waals surface area contributed by atoms with Gasteiger partial charge in [0, 0.05) is 6.04 Å². The second-order valence-electron chi connectivity index (χ2n) is 5.64. The number of rotatable bonds is 3. The molecule has 2 aliphatic heterocycles. The summed E-state index contributed by atoms with van der Waals surface area (Å²) in [5.74, 6) is 0. The fourth-order valence-corrected chi connectivity index (χ4v) is 3.22. The maximum Gasteiger partial charge on any atom is 0.0721 e. The summed E-state index contributed by atoms with van der Waals surface area (Å²) < 4.78 is 5.72. The van der Waals surface area contributed by atoms with Crippen molar-refractivity contribution in [2.75, 3.05) is 26.2 Å². The van der Waals surface area contributed by atoms with E-state index >= 15 is 0 Å². The molecule has 0 spiro atoms. The molecular formula is C16H24N2O. The maximum absolute atomic E-state index is 5.72. The molecule has 1 N–H and O–H groups in total. The molecule has 1 aromatic carbocycles. The Balaban J connectivity index is 1.62. The van der Waals surface area contributed by atoms with E-state index in [2.05, 4.69) is 41.4 Å². The highest BCUT2D eigenvalue weighted by molar-refractivity contribution is 5.31. The van der Waals surface area contributed by atoms with Gasteiger partial charge in [-0.25, -0.2) is 0 Å². The van der Waals surface area contributed by atoms with E-state index in [0.29, 0.717) is 12.1 Å². The Bertz CT molecular complexity index is 413. The predicted molar refractivity (Wildman–Crippen MR) is 77.1 cm³/mol. The number of fused-ring (bicyclic) bond motifs is 1. The van der Waals surface area contributed by atoms with E-state index in [1.165, 1.54) is 43.6 Å². The molecule has 1 saturated heterocycles. The zero-order valence-corrected chi connectivity index (χ0v) is 11.8. The summed E-state index contributed by atoms with van der Waals surface area (Å²) in [5, 5.41) is 3.81. The second-order valence-corrected chi connectivity index (χ2v) is 5.64. The van der Waals surface area contributed by atoms with E-state index in [9.17, 15) is 0 Å². The highest BCUT2D eigenvalue weighted by atomic mass is 16.5. The summed E-state index contributed by atoms with van der Waals surface area (Å²) in [7, 11) is 0. The normalized spacial score (nSPS) is 25.2. The van der Waals surface area contributed by atoms with Gasteiger partial charge in [0.05, 0.1) is 19.3 Å². The molecule has 2 aliphatic rings. The number of piperidine rings is 1. The molecule has 1 unspecified atom stereocenters. The van der Waals surface area contributed by atoms with Crippen molar-refractivity contribution >= 4 is 0 Å². The van der Waals surface area contributed by atoms with Crippen LogP contribution < -0.4 is 5.32 Å². The molecule has 0 aromatic heterocycles. The SMILES string of the molecule is CCN1CCC(NC2COCc3ccccc32)CC1. The predicted octanol–water partition coefficient (Wildman–Crippen LogP) is 2.33. The van der Waals surface area contributed by atoms with E-state index in [1.807, 2.05) is 0 Å². The molecule has 1 fully saturated rings. The smallest absolute Gasteiger partial charge is 0.0721 e. The van der Waals surface area contributed by atoms with Gasteiger partial charge >= 0.3 is 0 Å². The molecule has 19 heavy (non-hydrogen) atoms. The summed E-state index contributed by atoms with van der Waals surface area (Å²) in [6.45, 7) is 7.46. The molecule has 1 aromatic rings. The minimum Gasteiger partial charge on any atom is -0.375 e. The van der Waals surface area contributed by atoms with Gasteiger partial charge in [0.1, 0.15) is 0 Å². The first kappa shape index (κ1) is 13.1. The number of nitrogens with one attached hydrogen (secondary N) is 1. The van der Waals surface area contributed by atoms with Crippen molar-refractivity contribution in [2.45, 2.75) is 38.5 Å². The van der Waals surface area contributed by atoms with Crippen molar-refractivity contribution in [1.82, 2.24) is 10.2 Å². The van der Waals surface area contributed by atoms with Crippen molar-refractivity contribution in [2.24, 2.45) is 0 Å². The molecule has 104 valence electrons. The van der Waals surface area contributed by atoms with Gasteiger partial charge in [-0.1, -0.05) is 31.2 Å². The number of benzene rings is 1. The Morgan fingerprint density at radius 2 is 2.05 bits per heavy atom. The van der Waals surface area contributed by atoms with Crippen LogP contribution in [0.1, 0.15) is 36.9 Å². The van der Waals surface area contributed by atoms with Crippen LogP contribution in [0.5, 0.6) is 0 Å². The molecule has 0 radical (unpaired) electrons. The van der Waals surface area contributed by atoms with Gasteiger partial charge < -0.3 is 15.0 Å². The molecule has 3 nitrogen and oxygen atoms in total. The maximum atomic E-state index is 5.72. The third kappa shape index (κ3) is 2.99. The van der Waals surface area contributed by atoms with E-state index in [0.717, 1.165) is 13.2 Å². The highest BCUT2D eigenvalue weighted by Gasteiger charge is 2.25. The number of hydrogen-bond donors (Lipinski definition) is 1. The Labute approximate surface area is 115 Å². The first-order valence-electron chi connectivity index (χ1n) is 7.50. The zero-order chi connectivity index (χ0) is 13.1. The standard InChI is InChI=1S/C16H24N2O/c1-2-18-9-7-14(8-10-18)17-16-12-19-11-13-5-3-4-6-15(13)16/h3-6,14,16-17H,2,7-12H2,1H3. The van der Waals surface area contributed by atoms with Gasteiger partial charge in [0.15, 0.2) is 0 Å². The summed E-state index contributed by atoms with van der Waals surface area (Å²) >= 11 is 0. The molecule has 0 amide bonds. The van der Waals surface area contributed by atoms with E-state index in [1.54, 1.807) is 0 Å². The summed E-state index contributed by atoms with van der Waals surface area (Å²) in [6.07, 6.45) is 2.51. The van der Waals surface area contributed by atoms with Crippen LogP contribution in [0.3, 0.4) is 0 Å². The zero-order valence-electron chi connectivity index (χ0n) is 11.8. The van der Waals surface area contributed by atoms with Gasteiger partial charge in [-0.2, -0.15) is 0 Å². The van der Waals surface area contributed by atoms with Crippen LogP contribution in [0.2, 0.25) is 0 Å². The van der Waals surface area contributed by atoms with Crippen molar-refractivity contribution in [3.8, 4) is 0 Å². The average molecular weight is 260 g/mol. The van der Waals surface area contributed by atoms with Gasteiger partial charge in [-0.3, -0.25) is 0 Å². The lowest BCUT2D eigenvalue weighted by Crippen LogP contribution is -2.45. The van der Waals surface area contributed by atoms with Crippen LogP contribution in [-0.2, 0) is 11.3 Å². The number of hydrogen-bond acceptors (Lipinski definition) is 3. The Hall–Kier alpha value is -0.900. The van der Waals surface area contributed by atoms with Crippen LogP contribution in [0, 0.1) is 0 Å². The van der Waals surface area contributed by atoms with Gasteiger partial charge in [0.2, 0.25) is 0 Å². The van der Waals surface area contributed by atoms with E-state index < -0.39 is 0 Å². The molecule has 1 atom stereocenters. The van der Waals surface area contributed by atoms with Crippen molar-refractivity contribution < 1.29 is 4.74 Å². The molecule has 2 heterocycles. The molecule has 0 bridgehead atoms. The minimum atomic E-state index is 0.378. The lowest BCUT2D eigenvalue weighted by molar-refractivity contribution is 0.0735. The Morgan fingerprint density at radius 3 is 2.84 bits per heavy atom. The number of likely N-dealkylation sites (tertiary alicyclic amines) is 1. The molecule has 3 rings (SSSR count). The Kier molecular flexibility index (Phi) is 4.16. The summed E-state index contributed by atoms with van der Waals surface area (Å²) in [4.78, 5) is 2.53. The van der Waals surface area contributed by atoms with Crippen LogP contribution >= 0.6 is 0 Å². The van der Waals surface area contributed by atoms with Crippen molar-refractivity contribution in [3.05, 3.63) is 35.4 Å². The topological polar surface area (TPSA) is 24.5 Å². The fraction of sp³-hybridized carbons (Fsp3) is 0.625. The summed E-state index contributed by atoms with van der Waals surface area (Å²) in [6, 6.07) is 9.69. The fourth-order valence-electron chi connectivity index (χ4n) is 3.22. The van der Waals surface area contributed by atoms with Crippen molar-refractivity contribution in [1.29, 1.82) is 0 Å². The second kappa shape index (κ2) is 6.04. The van der Waals surface area contributed by atoms with Crippen LogP contribution in [0.15, 0.2) is 24.3 Å². The van der Waals surface area contributed by atoms with E-state index in [4.69, 9.17) is 4.74 Å². The quantitative estimate of drug-likeness (QED) is 0.903. The third-order valence-corrected chi connectivity index (χ3v) is 4.44. The Morgan fingerprint density at radius 1 is 1.26 bits per heavy atom. The molecule has 0 saturated carbocycles. The lowest BCUT2D eigenvalue weighted by Gasteiger charge is -2.35. The van der Waals surface area contributed by atoms with Crippen LogP contribution in [-0.4, -0.2) is 37.2 Å². The van der Waals surface area contributed by atoms with Crippen molar-refractivity contribution in [3.63, 3.8) is 0 Å². The first-order chi connectivity index (χ1) is 9.36. The molecular weight excluding hydrogens is 236 g/mol. The number of nitrogens with zero attached hydrogens (tertiary/aromatic N) is 1. The third-order valence-electron chi connectivity index (χ3n) is 4.44. The molecule has 0 aliphatic carbocycles. The summed E-state index contributed by atoms with van der Waals surface area (Å²) in [5.41, 5.74) is 2.78. The lowest BCUT2D eigenvalue weighted by atomic mass is 9.96. The highest BCUT2D eigenvalue weighted by Crippen LogP contribution is 2.26. The monoisotopic (exact) mass is 260 g/mol. The van der Waals surface area contributed by atoms with Crippen LogP contribution in [0.25, 0.3) is 0 Å². The minimum absolute atomic E-state index is 0.378. The van der Waals surface area contributed by atoms with E-state index in [-0.39, 0.29) is 0 Å². The first-order valence-corrected chi connectivity index (χ1v) is 7.50. The largest absolute Gasteiger partial charge is 0.375 e. The van der Waals surface area contributed by atoms with Crippen LogP contribution in [0.4, 0.5) is 0 Å².